The smallest absolute Gasteiger partial charge is 0.284 e. The Morgan fingerprint density at radius 3 is 2.80 bits per heavy atom. The molecule has 0 aliphatic carbocycles. The molecule has 0 aromatic carbocycles. The van der Waals surface area contributed by atoms with Crippen LogP contribution in [0.15, 0.2) is 16.7 Å². The first kappa shape index (κ1) is 10.2. The first-order chi connectivity index (χ1) is 7.27. The van der Waals surface area contributed by atoms with Crippen LogP contribution >= 0.6 is 0 Å². The molecule has 0 atom stereocenters. The topological polar surface area (TPSA) is 59.5 Å². The minimum absolute atomic E-state index is 0.306. The number of hydrogen-bond donors (Lipinski definition) is 1. The zero-order valence-electron chi connectivity index (χ0n) is 8.74. The molecule has 0 bridgehead atoms. The van der Waals surface area contributed by atoms with Gasteiger partial charge in [-0.3, -0.25) is 9.69 Å². The molecule has 15 heavy (non-hydrogen) atoms. The molecule has 4 nitrogen and oxygen atoms in total. The molecule has 1 saturated heterocycles. The highest BCUT2D eigenvalue weighted by atomic mass is 16.3. The standard InChI is InChI=1S/C11H16N2O2/c12-11(14)10-9(4-7-15-10)8-13-5-2-1-3-6-13/h4,7H,1-3,5-6,8H2,(H2,12,14). The number of hydrogen-bond acceptors (Lipinski definition) is 3. The van der Waals surface area contributed by atoms with Crippen molar-refractivity contribution >= 4 is 5.91 Å². The molecular formula is C11H16N2O2. The number of nitrogens with zero attached hydrogens (tertiary/aromatic N) is 1. The molecule has 0 radical (unpaired) electrons. The number of carbonyl (C=O) groups excluding carboxylic acids is 1. The fourth-order valence-corrected chi connectivity index (χ4v) is 2.03. The fraction of sp³-hybridized carbons (Fsp3) is 0.545. The zero-order chi connectivity index (χ0) is 10.7. The Hall–Kier alpha value is -1.29. The summed E-state index contributed by atoms with van der Waals surface area (Å²) in [5.74, 6) is -0.174. The summed E-state index contributed by atoms with van der Waals surface area (Å²) in [6.45, 7) is 2.97. The Morgan fingerprint density at radius 2 is 2.13 bits per heavy atom. The second-order valence-corrected chi connectivity index (χ2v) is 3.98. The van der Waals surface area contributed by atoms with Gasteiger partial charge in [0.05, 0.1) is 6.26 Å². The lowest BCUT2D eigenvalue weighted by Crippen LogP contribution is -2.29. The Morgan fingerprint density at radius 1 is 1.40 bits per heavy atom. The number of amides is 1. The third-order valence-corrected chi connectivity index (χ3v) is 2.81. The molecular weight excluding hydrogens is 192 g/mol. The number of likely N-dealkylation sites (tertiary alicyclic amines) is 1. The first-order valence-corrected chi connectivity index (χ1v) is 5.36. The number of primary amides is 1. The van der Waals surface area contributed by atoms with Crippen LogP contribution in [-0.4, -0.2) is 23.9 Å². The van der Waals surface area contributed by atoms with E-state index in [1.54, 1.807) is 0 Å². The predicted octanol–water partition coefficient (Wildman–Crippen LogP) is 1.36. The van der Waals surface area contributed by atoms with Crippen molar-refractivity contribution in [3.05, 3.63) is 23.7 Å². The average molecular weight is 208 g/mol. The lowest BCUT2D eigenvalue weighted by atomic mass is 10.1. The van der Waals surface area contributed by atoms with Gasteiger partial charge < -0.3 is 10.2 Å². The summed E-state index contributed by atoms with van der Waals surface area (Å²) in [5, 5.41) is 0. The van der Waals surface area contributed by atoms with Gasteiger partial charge in [-0.25, -0.2) is 0 Å². The second kappa shape index (κ2) is 4.49. The van der Waals surface area contributed by atoms with E-state index in [4.69, 9.17) is 10.2 Å². The quantitative estimate of drug-likeness (QED) is 0.816. The maximum atomic E-state index is 11.0. The molecule has 1 amide bonds. The SMILES string of the molecule is NC(=O)c1occc1CN1CCCCC1. The number of nitrogens with two attached hydrogens (primary N) is 1. The Bertz CT molecular complexity index is 340. The molecule has 1 aliphatic heterocycles. The highest BCUT2D eigenvalue weighted by Gasteiger charge is 2.16. The molecule has 0 saturated carbocycles. The Balaban J connectivity index is 2.03. The fourth-order valence-electron chi connectivity index (χ4n) is 2.03. The summed E-state index contributed by atoms with van der Waals surface area (Å²) < 4.78 is 5.07. The molecule has 1 fully saturated rings. The molecule has 4 heteroatoms. The molecule has 1 aromatic heterocycles. The van der Waals surface area contributed by atoms with Gasteiger partial charge in [0.1, 0.15) is 0 Å². The van der Waals surface area contributed by atoms with E-state index < -0.39 is 5.91 Å². The summed E-state index contributed by atoms with van der Waals surface area (Å²) in [6.07, 6.45) is 5.32. The van der Waals surface area contributed by atoms with Crippen LogP contribution in [0.4, 0.5) is 0 Å². The minimum Gasteiger partial charge on any atom is -0.459 e. The van der Waals surface area contributed by atoms with Gasteiger partial charge in [-0.15, -0.1) is 0 Å². The molecule has 1 aliphatic rings. The summed E-state index contributed by atoms with van der Waals surface area (Å²) >= 11 is 0. The van der Waals surface area contributed by atoms with Crippen molar-refractivity contribution in [2.24, 2.45) is 5.73 Å². The number of piperidine rings is 1. The minimum atomic E-state index is -0.480. The predicted molar refractivity (Wildman–Crippen MR) is 56.4 cm³/mol. The molecule has 0 unspecified atom stereocenters. The third-order valence-electron chi connectivity index (χ3n) is 2.81. The zero-order valence-corrected chi connectivity index (χ0v) is 8.74. The number of rotatable bonds is 3. The highest BCUT2D eigenvalue weighted by molar-refractivity contribution is 5.91. The second-order valence-electron chi connectivity index (χ2n) is 3.98. The van der Waals surface area contributed by atoms with E-state index in [1.807, 2.05) is 6.07 Å². The molecule has 2 heterocycles. The van der Waals surface area contributed by atoms with Crippen LogP contribution in [-0.2, 0) is 6.54 Å². The van der Waals surface area contributed by atoms with E-state index in [9.17, 15) is 4.79 Å². The van der Waals surface area contributed by atoms with E-state index in [2.05, 4.69) is 4.90 Å². The summed E-state index contributed by atoms with van der Waals surface area (Å²) in [7, 11) is 0. The number of carbonyl (C=O) groups is 1. The van der Waals surface area contributed by atoms with Gasteiger partial charge in [0.15, 0.2) is 5.76 Å². The largest absolute Gasteiger partial charge is 0.459 e. The molecule has 2 rings (SSSR count). The van der Waals surface area contributed by atoms with Crippen LogP contribution in [0.25, 0.3) is 0 Å². The van der Waals surface area contributed by atoms with Gasteiger partial charge in [0, 0.05) is 12.1 Å². The van der Waals surface area contributed by atoms with Gasteiger partial charge in [-0.05, 0) is 32.0 Å². The van der Waals surface area contributed by atoms with Gasteiger partial charge in [-0.2, -0.15) is 0 Å². The maximum Gasteiger partial charge on any atom is 0.284 e. The van der Waals surface area contributed by atoms with Crippen LogP contribution < -0.4 is 5.73 Å². The van der Waals surface area contributed by atoms with Crippen molar-refractivity contribution in [2.45, 2.75) is 25.8 Å². The van der Waals surface area contributed by atoms with Crippen molar-refractivity contribution in [2.75, 3.05) is 13.1 Å². The summed E-state index contributed by atoms with van der Waals surface area (Å²) in [4.78, 5) is 13.4. The summed E-state index contributed by atoms with van der Waals surface area (Å²) in [6, 6.07) is 1.83. The van der Waals surface area contributed by atoms with Gasteiger partial charge in [0.25, 0.3) is 5.91 Å². The van der Waals surface area contributed by atoms with Crippen molar-refractivity contribution < 1.29 is 9.21 Å². The van der Waals surface area contributed by atoms with E-state index in [1.165, 1.54) is 25.5 Å². The van der Waals surface area contributed by atoms with Gasteiger partial charge in [0.2, 0.25) is 0 Å². The lowest BCUT2D eigenvalue weighted by Gasteiger charge is -2.25. The van der Waals surface area contributed by atoms with Crippen molar-refractivity contribution in [1.29, 1.82) is 0 Å². The molecule has 82 valence electrons. The van der Waals surface area contributed by atoms with Crippen LogP contribution in [0.3, 0.4) is 0 Å². The highest BCUT2D eigenvalue weighted by Crippen LogP contribution is 2.16. The average Bonchev–Trinajstić information content (AvgIpc) is 2.67. The Labute approximate surface area is 89.0 Å². The van der Waals surface area contributed by atoms with E-state index in [0.717, 1.165) is 25.2 Å². The first-order valence-electron chi connectivity index (χ1n) is 5.36. The lowest BCUT2D eigenvalue weighted by molar-refractivity contribution is 0.0970. The van der Waals surface area contributed by atoms with Gasteiger partial charge >= 0.3 is 0 Å². The maximum absolute atomic E-state index is 11.0. The molecule has 1 aromatic rings. The van der Waals surface area contributed by atoms with Crippen molar-refractivity contribution in [3.63, 3.8) is 0 Å². The Kier molecular flexibility index (Phi) is 3.06. The number of furan rings is 1. The van der Waals surface area contributed by atoms with E-state index in [-0.39, 0.29) is 0 Å². The van der Waals surface area contributed by atoms with Crippen LogP contribution in [0.5, 0.6) is 0 Å². The van der Waals surface area contributed by atoms with Crippen LogP contribution in [0.1, 0.15) is 35.4 Å². The van der Waals surface area contributed by atoms with Crippen molar-refractivity contribution in [1.82, 2.24) is 4.90 Å². The summed E-state index contributed by atoms with van der Waals surface area (Å²) in [5.41, 5.74) is 6.12. The third kappa shape index (κ3) is 2.39. The van der Waals surface area contributed by atoms with E-state index >= 15 is 0 Å². The molecule has 0 spiro atoms. The van der Waals surface area contributed by atoms with Crippen LogP contribution in [0.2, 0.25) is 0 Å². The van der Waals surface area contributed by atoms with Crippen LogP contribution in [0, 0.1) is 0 Å². The van der Waals surface area contributed by atoms with Crippen molar-refractivity contribution in [3.8, 4) is 0 Å². The normalized spacial score (nSPS) is 17.9. The molecule has 2 N–H and O–H groups in total. The van der Waals surface area contributed by atoms with Gasteiger partial charge in [-0.1, -0.05) is 6.42 Å². The van der Waals surface area contributed by atoms with E-state index in [0.29, 0.717) is 5.76 Å². The monoisotopic (exact) mass is 208 g/mol.